The van der Waals surface area contributed by atoms with Crippen LogP contribution in [0.1, 0.15) is 0 Å². The summed E-state index contributed by atoms with van der Waals surface area (Å²) < 4.78 is 0.176. The molecule has 0 saturated carbocycles. The summed E-state index contributed by atoms with van der Waals surface area (Å²) in [6.45, 7) is 0.827. The van der Waals surface area contributed by atoms with E-state index in [4.69, 9.17) is 17.3 Å². The molecule has 1 rings (SSSR count). The van der Waals surface area contributed by atoms with Crippen molar-refractivity contribution in [3.63, 3.8) is 0 Å². The smallest absolute Gasteiger partial charge is 0.104 e. The largest absolute Gasteiger partial charge is 0.307 e. The van der Waals surface area contributed by atoms with Crippen LogP contribution in [0.5, 0.6) is 0 Å². The van der Waals surface area contributed by atoms with Crippen LogP contribution < -0.4 is 11.1 Å². The van der Waals surface area contributed by atoms with Crippen molar-refractivity contribution >= 4 is 23.4 Å². The zero-order valence-electron chi connectivity index (χ0n) is 3.73. The van der Waals surface area contributed by atoms with Crippen molar-refractivity contribution in [1.29, 1.82) is 0 Å². The van der Waals surface area contributed by atoms with Gasteiger partial charge in [0.1, 0.15) is 5.50 Å². The number of nitrogens with two attached hydrogens (primary N) is 1. The van der Waals surface area contributed by atoms with Gasteiger partial charge in [0.05, 0.1) is 4.71 Å². The Morgan fingerprint density at radius 1 is 1.86 bits per heavy atom. The molecule has 3 N–H and O–H groups in total. The van der Waals surface area contributed by atoms with Crippen molar-refractivity contribution in [2.75, 3.05) is 6.54 Å². The molecule has 0 amide bonds. The van der Waals surface area contributed by atoms with E-state index in [1.807, 2.05) is 0 Å². The van der Waals surface area contributed by atoms with Crippen LogP contribution in [0.25, 0.3) is 0 Å². The molecule has 0 spiro atoms. The first-order chi connectivity index (χ1) is 3.29. The lowest BCUT2D eigenvalue weighted by Crippen LogP contribution is -2.28. The van der Waals surface area contributed by atoms with Crippen molar-refractivity contribution in [3.05, 3.63) is 0 Å². The molecule has 42 valence electrons. The predicted octanol–water partition coefficient (Wildman–Crippen LogP) is 0.130. The second kappa shape index (κ2) is 2.22. The number of alkyl halides is 1. The second-order valence-electron chi connectivity index (χ2n) is 1.37. The molecule has 1 fully saturated rings. The Morgan fingerprint density at radius 2 is 2.57 bits per heavy atom. The lowest BCUT2D eigenvalue weighted by Gasteiger charge is -1.95. The molecule has 1 unspecified atom stereocenters. The topological polar surface area (TPSA) is 38.0 Å². The van der Waals surface area contributed by atoms with E-state index >= 15 is 0 Å². The van der Waals surface area contributed by atoms with Crippen molar-refractivity contribution in [2.45, 2.75) is 10.2 Å². The fraction of sp³-hybridized carbons (Fsp3) is 1.00. The summed E-state index contributed by atoms with van der Waals surface area (Å²) in [6, 6.07) is 0. The minimum Gasteiger partial charge on any atom is -0.307 e. The van der Waals surface area contributed by atoms with Gasteiger partial charge in [0, 0.05) is 6.54 Å². The van der Waals surface area contributed by atoms with Gasteiger partial charge in [0.15, 0.2) is 0 Å². The Labute approximate surface area is 51.8 Å². The fourth-order valence-corrected chi connectivity index (χ4v) is 1.59. The van der Waals surface area contributed by atoms with Gasteiger partial charge < -0.3 is 5.73 Å². The Morgan fingerprint density at radius 3 is 2.71 bits per heavy atom. The van der Waals surface area contributed by atoms with Gasteiger partial charge in [-0.25, -0.2) is 0 Å². The molecule has 2 nitrogen and oxygen atoms in total. The van der Waals surface area contributed by atoms with E-state index < -0.39 is 0 Å². The van der Waals surface area contributed by atoms with Crippen molar-refractivity contribution < 1.29 is 0 Å². The van der Waals surface area contributed by atoms with Gasteiger partial charge in [-0.3, -0.25) is 5.32 Å². The van der Waals surface area contributed by atoms with Gasteiger partial charge >= 0.3 is 0 Å². The summed E-state index contributed by atoms with van der Waals surface area (Å²) in [6.07, 6.45) is 0. The first kappa shape index (κ1) is 5.69. The first-order valence-electron chi connectivity index (χ1n) is 2.07. The summed E-state index contributed by atoms with van der Waals surface area (Å²) in [5, 5.41) is 2.98. The molecule has 2 atom stereocenters. The molecule has 0 aromatic carbocycles. The van der Waals surface area contributed by atoms with Gasteiger partial charge in [-0.2, -0.15) is 0 Å². The second-order valence-corrected chi connectivity index (χ2v) is 3.51. The monoisotopic (exact) mass is 138 g/mol. The van der Waals surface area contributed by atoms with Crippen LogP contribution >= 0.6 is 23.4 Å². The van der Waals surface area contributed by atoms with Gasteiger partial charge in [-0.05, 0) is 0 Å². The average Bonchev–Trinajstić information content (AvgIpc) is 1.87. The number of hydrogen-bond donors (Lipinski definition) is 2. The summed E-state index contributed by atoms with van der Waals surface area (Å²) in [7, 11) is 0. The highest BCUT2D eigenvalue weighted by Crippen LogP contribution is 2.21. The molecular formula is C3H7ClN2S. The maximum absolute atomic E-state index is 5.63. The number of rotatable bonds is 0. The quantitative estimate of drug-likeness (QED) is 0.468. The standard InChI is InChI=1S/C3H7ClN2S/c4-2-1-6-3(5)7-2/h2-3,6H,1,5H2/t2?,3-/m1/s1. The number of hydrogen-bond acceptors (Lipinski definition) is 3. The van der Waals surface area contributed by atoms with E-state index in [1.165, 1.54) is 0 Å². The lowest BCUT2D eigenvalue weighted by molar-refractivity contribution is 0.729. The third kappa shape index (κ3) is 1.49. The van der Waals surface area contributed by atoms with Gasteiger partial charge in [0.25, 0.3) is 0 Å². The molecule has 1 heterocycles. The fourth-order valence-electron chi connectivity index (χ4n) is 0.464. The van der Waals surface area contributed by atoms with Crippen molar-refractivity contribution in [1.82, 2.24) is 5.32 Å². The van der Waals surface area contributed by atoms with E-state index in [0.717, 1.165) is 6.54 Å². The van der Waals surface area contributed by atoms with Crippen LogP contribution in [-0.4, -0.2) is 16.8 Å². The summed E-state index contributed by atoms with van der Waals surface area (Å²) >= 11 is 7.18. The first-order valence-corrected chi connectivity index (χ1v) is 3.45. The zero-order chi connectivity index (χ0) is 5.28. The number of thioether (sulfide) groups is 1. The number of nitrogens with one attached hydrogen (secondary N) is 1. The Balaban J connectivity index is 2.26. The maximum Gasteiger partial charge on any atom is 0.104 e. The highest BCUT2D eigenvalue weighted by Gasteiger charge is 2.17. The summed E-state index contributed by atoms with van der Waals surface area (Å²) in [5.41, 5.74) is 5.45. The molecule has 1 saturated heterocycles. The Bertz CT molecular complexity index is 62.0. The summed E-state index contributed by atoms with van der Waals surface area (Å²) in [4.78, 5) is 0. The van der Waals surface area contributed by atoms with Crippen LogP contribution in [-0.2, 0) is 0 Å². The minimum atomic E-state index is 0.0579. The molecule has 0 aromatic heterocycles. The third-order valence-electron chi connectivity index (χ3n) is 0.774. The highest BCUT2D eigenvalue weighted by atomic mass is 35.5. The van der Waals surface area contributed by atoms with E-state index in [-0.39, 0.29) is 10.2 Å². The van der Waals surface area contributed by atoms with Crippen molar-refractivity contribution in [3.8, 4) is 0 Å². The molecule has 4 heteroatoms. The minimum absolute atomic E-state index is 0.0579. The third-order valence-corrected chi connectivity index (χ3v) is 2.16. The molecule has 0 bridgehead atoms. The predicted molar refractivity (Wildman–Crippen MR) is 33.2 cm³/mol. The van der Waals surface area contributed by atoms with Gasteiger partial charge in [0.2, 0.25) is 0 Å². The molecule has 7 heavy (non-hydrogen) atoms. The molecule has 0 aliphatic carbocycles. The Hall–Kier alpha value is 0.560. The molecule has 1 aliphatic heterocycles. The van der Waals surface area contributed by atoms with Crippen LogP contribution in [0.3, 0.4) is 0 Å². The average molecular weight is 139 g/mol. The van der Waals surface area contributed by atoms with E-state index in [9.17, 15) is 0 Å². The Kier molecular flexibility index (Phi) is 1.80. The molecule has 0 aromatic rings. The lowest BCUT2D eigenvalue weighted by atomic mass is 10.7. The van der Waals surface area contributed by atoms with E-state index in [2.05, 4.69) is 5.32 Å². The van der Waals surface area contributed by atoms with Gasteiger partial charge in [-0.15, -0.1) is 23.4 Å². The molecule has 1 aliphatic rings. The maximum atomic E-state index is 5.63. The SMILES string of the molecule is N[C@@H]1NCC(Cl)S1. The molecular weight excluding hydrogens is 132 g/mol. The number of halogens is 1. The van der Waals surface area contributed by atoms with Crippen LogP contribution in [0.4, 0.5) is 0 Å². The van der Waals surface area contributed by atoms with Crippen molar-refractivity contribution in [2.24, 2.45) is 5.73 Å². The van der Waals surface area contributed by atoms with E-state index in [0.29, 0.717) is 0 Å². The summed E-state index contributed by atoms with van der Waals surface area (Å²) in [5.74, 6) is 0. The van der Waals surface area contributed by atoms with Crippen LogP contribution in [0.15, 0.2) is 0 Å². The highest BCUT2D eigenvalue weighted by molar-refractivity contribution is 8.01. The van der Waals surface area contributed by atoms with Crippen LogP contribution in [0, 0.1) is 0 Å². The molecule has 0 radical (unpaired) electrons. The zero-order valence-corrected chi connectivity index (χ0v) is 5.30. The van der Waals surface area contributed by atoms with E-state index in [1.54, 1.807) is 11.8 Å². The van der Waals surface area contributed by atoms with Crippen LogP contribution in [0.2, 0.25) is 0 Å². The van der Waals surface area contributed by atoms with Gasteiger partial charge in [-0.1, -0.05) is 0 Å². The normalized spacial score (nSPS) is 42.0.